The molecule has 1 amide bonds. The second kappa shape index (κ2) is 7.21. The molecule has 4 rings (SSSR count). The van der Waals surface area contributed by atoms with E-state index in [4.69, 9.17) is 9.26 Å². The summed E-state index contributed by atoms with van der Waals surface area (Å²) in [6, 6.07) is 10.0. The molecule has 6 nitrogen and oxygen atoms in total. The highest BCUT2D eigenvalue weighted by Crippen LogP contribution is 2.30. The number of hydrogen-bond donors (Lipinski definition) is 0. The smallest absolute Gasteiger partial charge is 0.237 e. The Labute approximate surface area is 153 Å². The van der Waals surface area contributed by atoms with Crippen molar-refractivity contribution < 1.29 is 14.1 Å². The maximum atomic E-state index is 12.9. The zero-order valence-electron chi connectivity index (χ0n) is 15.4. The van der Waals surface area contributed by atoms with Crippen LogP contribution in [0.2, 0.25) is 0 Å². The monoisotopic (exact) mass is 355 g/mol. The molecule has 3 heterocycles. The van der Waals surface area contributed by atoms with Crippen molar-refractivity contribution in [1.82, 2.24) is 15.0 Å². The quantitative estimate of drug-likeness (QED) is 0.846. The highest BCUT2D eigenvalue weighted by molar-refractivity contribution is 5.79. The molecular formula is C20H25N3O3. The molecule has 0 spiro atoms. The van der Waals surface area contributed by atoms with Gasteiger partial charge in [-0.25, -0.2) is 0 Å². The lowest BCUT2D eigenvalue weighted by Crippen LogP contribution is -2.50. The average Bonchev–Trinajstić information content (AvgIpc) is 3.04. The highest BCUT2D eigenvalue weighted by Gasteiger charge is 2.30. The number of carbonyl (C=O) groups is 1. The molecule has 0 unspecified atom stereocenters. The van der Waals surface area contributed by atoms with Crippen molar-refractivity contribution in [2.75, 3.05) is 26.2 Å². The lowest BCUT2D eigenvalue weighted by Gasteiger charge is -2.36. The summed E-state index contributed by atoms with van der Waals surface area (Å²) in [5, 5.41) is 4.26. The Morgan fingerprint density at radius 2 is 1.92 bits per heavy atom. The summed E-state index contributed by atoms with van der Waals surface area (Å²) >= 11 is 0. The van der Waals surface area contributed by atoms with E-state index in [0.717, 1.165) is 42.1 Å². The molecule has 2 aromatic rings. The van der Waals surface area contributed by atoms with Gasteiger partial charge >= 0.3 is 0 Å². The molecule has 2 atom stereocenters. The van der Waals surface area contributed by atoms with Gasteiger partial charge < -0.3 is 14.2 Å². The third kappa shape index (κ3) is 3.52. The van der Waals surface area contributed by atoms with Crippen LogP contribution < -0.4 is 0 Å². The predicted octanol–water partition coefficient (Wildman–Crippen LogP) is 2.34. The van der Waals surface area contributed by atoms with E-state index in [1.165, 1.54) is 0 Å². The Kier molecular flexibility index (Phi) is 4.78. The predicted molar refractivity (Wildman–Crippen MR) is 97.5 cm³/mol. The minimum absolute atomic E-state index is 0.164. The van der Waals surface area contributed by atoms with Gasteiger partial charge in [0.15, 0.2) is 0 Å². The second-order valence-corrected chi connectivity index (χ2v) is 7.32. The van der Waals surface area contributed by atoms with Crippen LogP contribution in [0.4, 0.5) is 0 Å². The maximum absolute atomic E-state index is 12.9. The Morgan fingerprint density at radius 3 is 2.65 bits per heavy atom. The van der Waals surface area contributed by atoms with Crippen LogP contribution in [0.5, 0.6) is 0 Å². The van der Waals surface area contributed by atoms with Crippen molar-refractivity contribution in [3.63, 3.8) is 0 Å². The van der Waals surface area contributed by atoms with Gasteiger partial charge in [0.05, 0.1) is 25.3 Å². The fraction of sp³-hybridized carbons (Fsp3) is 0.500. The minimum atomic E-state index is 0.164. The number of morpholine rings is 1. The van der Waals surface area contributed by atoms with Crippen molar-refractivity contribution in [2.24, 2.45) is 0 Å². The number of hydrogen-bond acceptors (Lipinski definition) is 5. The summed E-state index contributed by atoms with van der Waals surface area (Å²) in [6.45, 7) is 7.42. The summed E-state index contributed by atoms with van der Waals surface area (Å²) in [4.78, 5) is 17.0. The minimum Gasteiger partial charge on any atom is -0.373 e. The standard InChI is InChI=1S/C20H25N3O3/c1-14-10-22(11-15(2)25-14)13-19(24)23-9-8-18-17(12-23)20(21-26-18)16-6-4-3-5-7-16/h3-7,14-15H,8-13H2,1-2H3/t14-,15+. The van der Waals surface area contributed by atoms with Crippen LogP contribution in [0.3, 0.4) is 0 Å². The van der Waals surface area contributed by atoms with E-state index in [-0.39, 0.29) is 18.1 Å². The van der Waals surface area contributed by atoms with Gasteiger partial charge in [-0.15, -0.1) is 0 Å². The number of carbonyl (C=O) groups excluding carboxylic acids is 1. The number of nitrogens with zero attached hydrogens (tertiary/aromatic N) is 3. The van der Waals surface area contributed by atoms with Crippen LogP contribution in [0, 0.1) is 0 Å². The Bertz CT molecular complexity index is 764. The molecule has 0 radical (unpaired) electrons. The number of rotatable bonds is 3. The van der Waals surface area contributed by atoms with Gasteiger partial charge in [-0.1, -0.05) is 35.5 Å². The molecule has 1 aromatic heterocycles. The molecule has 0 N–H and O–H groups in total. The SMILES string of the molecule is C[C@@H]1CN(CC(=O)N2CCc3onc(-c4ccccc4)c3C2)C[C@H](C)O1. The van der Waals surface area contributed by atoms with E-state index in [1.807, 2.05) is 35.2 Å². The van der Waals surface area contributed by atoms with Crippen LogP contribution in [0.1, 0.15) is 25.2 Å². The molecule has 1 aromatic carbocycles. The van der Waals surface area contributed by atoms with Crippen molar-refractivity contribution in [3.8, 4) is 11.3 Å². The molecule has 0 saturated carbocycles. The first-order valence-corrected chi connectivity index (χ1v) is 9.28. The Morgan fingerprint density at radius 1 is 1.19 bits per heavy atom. The maximum Gasteiger partial charge on any atom is 0.237 e. The number of amides is 1. The molecule has 1 fully saturated rings. The van der Waals surface area contributed by atoms with E-state index < -0.39 is 0 Å². The first-order chi connectivity index (χ1) is 12.6. The summed E-state index contributed by atoms with van der Waals surface area (Å²) in [5.74, 6) is 1.07. The summed E-state index contributed by atoms with van der Waals surface area (Å²) in [7, 11) is 0. The first-order valence-electron chi connectivity index (χ1n) is 9.28. The fourth-order valence-electron chi connectivity index (χ4n) is 3.95. The summed E-state index contributed by atoms with van der Waals surface area (Å²) < 4.78 is 11.3. The van der Waals surface area contributed by atoms with E-state index in [0.29, 0.717) is 19.6 Å². The first kappa shape index (κ1) is 17.2. The zero-order valence-corrected chi connectivity index (χ0v) is 15.4. The molecule has 1 saturated heterocycles. The summed E-state index contributed by atoms with van der Waals surface area (Å²) in [6.07, 6.45) is 1.06. The van der Waals surface area contributed by atoms with Gasteiger partial charge in [0, 0.05) is 37.2 Å². The van der Waals surface area contributed by atoms with E-state index in [2.05, 4.69) is 23.9 Å². The van der Waals surface area contributed by atoms with Gasteiger partial charge in [0.2, 0.25) is 5.91 Å². The topological polar surface area (TPSA) is 58.8 Å². The Hall–Kier alpha value is -2.18. The summed E-state index contributed by atoms with van der Waals surface area (Å²) in [5.41, 5.74) is 2.92. The second-order valence-electron chi connectivity index (χ2n) is 7.32. The molecule has 2 aliphatic rings. The molecule has 2 aliphatic heterocycles. The molecule has 6 heteroatoms. The largest absolute Gasteiger partial charge is 0.373 e. The number of fused-ring (bicyclic) bond motifs is 1. The molecule has 138 valence electrons. The van der Waals surface area contributed by atoms with Gasteiger partial charge in [-0.2, -0.15) is 0 Å². The van der Waals surface area contributed by atoms with Crippen LogP contribution in [-0.4, -0.2) is 59.3 Å². The van der Waals surface area contributed by atoms with Crippen LogP contribution in [0.25, 0.3) is 11.3 Å². The van der Waals surface area contributed by atoms with E-state index >= 15 is 0 Å². The third-order valence-electron chi connectivity index (χ3n) is 5.08. The fourth-order valence-corrected chi connectivity index (χ4v) is 3.95. The number of aromatic nitrogens is 1. The van der Waals surface area contributed by atoms with Crippen molar-refractivity contribution in [3.05, 3.63) is 41.7 Å². The molecule has 0 aliphatic carbocycles. The third-order valence-corrected chi connectivity index (χ3v) is 5.08. The molecule has 0 bridgehead atoms. The lowest BCUT2D eigenvalue weighted by molar-refractivity contribution is -0.136. The average molecular weight is 355 g/mol. The van der Waals surface area contributed by atoms with E-state index in [1.54, 1.807) is 0 Å². The van der Waals surface area contributed by atoms with Crippen LogP contribution in [0.15, 0.2) is 34.9 Å². The van der Waals surface area contributed by atoms with E-state index in [9.17, 15) is 4.79 Å². The lowest BCUT2D eigenvalue weighted by atomic mass is 10.0. The Balaban J connectivity index is 1.46. The normalized spacial score (nSPS) is 23.7. The van der Waals surface area contributed by atoms with Crippen LogP contribution >= 0.6 is 0 Å². The van der Waals surface area contributed by atoms with Crippen molar-refractivity contribution in [1.29, 1.82) is 0 Å². The number of ether oxygens (including phenoxy) is 1. The van der Waals surface area contributed by atoms with Gasteiger partial charge in [0.25, 0.3) is 0 Å². The zero-order chi connectivity index (χ0) is 18.1. The van der Waals surface area contributed by atoms with Gasteiger partial charge in [-0.3, -0.25) is 9.69 Å². The van der Waals surface area contributed by atoms with Crippen molar-refractivity contribution in [2.45, 2.75) is 39.0 Å². The molecule has 26 heavy (non-hydrogen) atoms. The molecular weight excluding hydrogens is 330 g/mol. The van der Waals surface area contributed by atoms with Crippen molar-refractivity contribution >= 4 is 5.91 Å². The number of benzene rings is 1. The van der Waals surface area contributed by atoms with Gasteiger partial charge in [0.1, 0.15) is 11.5 Å². The van der Waals surface area contributed by atoms with Crippen LogP contribution in [-0.2, 0) is 22.5 Å². The highest BCUT2D eigenvalue weighted by atomic mass is 16.5. The van der Waals surface area contributed by atoms with Gasteiger partial charge in [-0.05, 0) is 13.8 Å².